The fourth-order valence-corrected chi connectivity index (χ4v) is 2.72. The van der Waals surface area contributed by atoms with Gasteiger partial charge in [-0.25, -0.2) is 4.98 Å². The van der Waals surface area contributed by atoms with Crippen LogP contribution in [0.2, 0.25) is 0 Å². The average molecular weight is 341 g/mol. The van der Waals surface area contributed by atoms with E-state index in [-0.39, 0.29) is 5.91 Å². The first-order valence-corrected chi connectivity index (χ1v) is 8.77. The van der Waals surface area contributed by atoms with Crippen LogP contribution in [0.1, 0.15) is 43.6 Å². The second-order valence-corrected chi connectivity index (χ2v) is 6.04. The molecular formula is C20H27N3O2. The number of pyridine rings is 1. The van der Waals surface area contributed by atoms with Crippen molar-refractivity contribution in [2.75, 3.05) is 18.1 Å². The van der Waals surface area contributed by atoms with Gasteiger partial charge in [0.05, 0.1) is 6.61 Å². The summed E-state index contributed by atoms with van der Waals surface area (Å²) in [5, 5.41) is 2.93. The Bertz CT molecular complexity index is 684. The maximum absolute atomic E-state index is 12.3. The molecule has 5 nitrogen and oxygen atoms in total. The minimum Gasteiger partial charge on any atom is -0.478 e. The number of hydrogen-bond acceptors (Lipinski definition) is 4. The zero-order valence-corrected chi connectivity index (χ0v) is 15.5. The zero-order chi connectivity index (χ0) is 18.2. The van der Waals surface area contributed by atoms with Crippen molar-refractivity contribution >= 4 is 11.6 Å². The minimum atomic E-state index is -0.0890. The summed E-state index contributed by atoms with van der Waals surface area (Å²) in [6.45, 7) is 10.3. The predicted molar refractivity (Wildman–Crippen MR) is 101 cm³/mol. The maximum atomic E-state index is 12.3. The van der Waals surface area contributed by atoms with E-state index >= 15 is 0 Å². The molecule has 1 aromatic heterocycles. The van der Waals surface area contributed by atoms with Crippen molar-refractivity contribution in [3.05, 3.63) is 53.7 Å². The Morgan fingerprint density at radius 1 is 1.20 bits per heavy atom. The van der Waals surface area contributed by atoms with Crippen molar-refractivity contribution in [1.29, 1.82) is 0 Å². The van der Waals surface area contributed by atoms with Crippen LogP contribution in [-0.4, -0.2) is 30.1 Å². The Labute approximate surface area is 150 Å². The number of nitrogens with zero attached hydrogens (tertiary/aromatic N) is 2. The van der Waals surface area contributed by atoms with Crippen LogP contribution in [-0.2, 0) is 6.54 Å². The largest absolute Gasteiger partial charge is 0.478 e. The number of amides is 1. The van der Waals surface area contributed by atoms with Crippen LogP contribution in [0.3, 0.4) is 0 Å². The number of aromatic nitrogens is 1. The van der Waals surface area contributed by atoms with Crippen LogP contribution in [0.25, 0.3) is 0 Å². The fourth-order valence-electron chi connectivity index (χ4n) is 2.72. The molecular weight excluding hydrogens is 314 g/mol. The van der Waals surface area contributed by atoms with Crippen LogP contribution in [0.5, 0.6) is 5.88 Å². The summed E-state index contributed by atoms with van der Waals surface area (Å²) in [5.74, 6) is 0.487. The van der Waals surface area contributed by atoms with E-state index in [0.29, 0.717) is 30.6 Å². The molecule has 2 rings (SSSR count). The normalized spacial score (nSPS) is 10.6. The quantitative estimate of drug-likeness (QED) is 0.796. The standard InChI is InChI=1S/C20H27N3O2/c1-5-23(15(3)4)18-9-7-17(8-10-18)20(24)22-14-16-11-12-21-19(13-16)25-6-2/h7-13,15H,5-6,14H2,1-4H3,(H,22,24). The molecule has 0 fully saturated rings. The molecule has 25 heavy (non-hydrogen) atoms. The molecule has 2 aromatic rings. The Hall–Kier alpha value is -2.56. The third kappa shape index (κ3) is 5.21. The number of nitrogens with one attached hydrogen (secondary N) is 1. The predicted octanol–water partition coefficient (Wildman–Crippen LogP) is 3.65. The van der Waals surface area contributed by atoms with E-state index in [9.17, 15) is 4.79 Å². The van der Waals surface area contributed by atoms with Gasteiger partial charge in [-0.05, 0) is 63.6 Å². The van der Waals surface area contributed by atoms with Gasteiger partial charge >= 0.3 is 0 Å². The fraction of sp³-hybridized carbons (Fsp3) is 0.400. The van der Waals surface area contributed by atoms with E-state index in [2.05, 4.69) is 36.0 Å². The van der Waals surface area contributed by atoms with Crippen molar-refractivity contribution in [3.63, 3.8) is 0 Å². The molecule has 0 atom stereocenters. The van der Waals surface area contributed by atoms with Crippen molar-refractivity contribution in [2.24, 2.45) is 0 Å². The smallest absolute Gasteiger partial charge is 0.251 e. The summed E-state index contributed by atoms with van der Waals surface area (Å²) in [5.41, 5.74) is 2.74. The highest BCUT2D eigenvalue weighted by atomic mass is 16.5. The molecule has 5 heteroatoms. The lowest BCUT2D eigenvalue weighted by Crippen LogP contribution is -2.30. The van der Waals surface area contributed by atoms with E-state index in [1.807, 2.05) is 43.3 Å². The molecule has 0 aliphatic rings. The molecule has 1 heterocycles. The number of carbonyl (C=O) groups is 1. The van der Waals surface area contributed by atoms with Crippen LogP contribution in [0, 0.1) is 0 Å². The number of ether oxygens (including phenoxy) is 1. The molecule has 1 aromatic carbocycles. The molecule has 0 spiro atoms. The number of anilines is 1. The lowest BCUT2D eigenvalue weighted by atomic mass is 10.1. The van der Waals surface area contributed by atoms with Crippen molar-refractivity contribution in [3.8, 4) is 5.88 Å². The molecule has 0 radical (unpaired) electrons. The molecule has 1 N–H and O–H groups in total. The number of hydrogen-bond donors (Lipinski definition) is 1. The Morgan fingerprint density at radius 2 is 1.92 bits per heavy atom. The van der Waals surface area contributed by atoms with Gasteiger partial charge < -0.3 is 15.0 Å². The number of benzene rings is 1. The van der Waals surface area contributed by atoms with Gasteiger partial charge in [0.25, 0.3) is 5.91 Å². The first-order valence-electron chi connectivity index (χ1n) is 8.77. The van der Waals surface area contributed by atoms with E-state index in [0.717, 1.165) is 17.8 Å². The highest BCUT2D eigenvalue weighted by Gasteiger charge is 2.10. The van der Waals surface area contributed by atoms with E-state index in [1.165, 1.54) is 0 Å². The third-order valence-electron chi connectivity index (χ3n) is 3.97. The minimum absolute atomic E-state index is 0.0890. The van der Waals surface area contributed by atoms with Crippen molar-refractivity contribution in [2.45, 2.75) is 40.3 Å². The van der Waals surface area contributed by atoms with Gasteiger partial charge in [0.1, 0.15) is 0 Å². The SMILES string of the molecule is CCOc1cc(CNC(=O)c2ccc(N(CC)C(C)C)cc2)ccn1. The van der Waals surface area contributed by atoms with E-state index in [1.54, 1.807) is 6.20 Å². The van der Waals surface area contributed by atoms with Crippen molar-refractivity contribution in [1.82, 2.24) is 10.3 Å². The second-order valence-electron chi connectivity index (χ2n) is 6.04. The van der Waals surface area contributed by atoms with Gasteiger partial charge in [-0.15, -0.1) is 0 Å². The topological polar surface area (TPSA) is 54.5 Å². The van der Waals surface area contributed by atoms with Gasteiger partial charge in [0, 0.05) is 42.6 Å². The molecule has 0 unspecified atom stereocenters. The molecule has 0 aliphatic heterocycles. The van der Waals surface area contributed by atoms with E-state index in [4.69, 9.17) is 4.74 Å². The lowest BCUT2D eigenvalue weighted by molar-refractivity contribution is 0.0951. The third-order valence-corrected chi connectivity index (χ3v) is 3.97. The maximum Gasteiger partial charge on any atom is 0.251 e. The molecule has 0 bridgehead atoms. The second kappa shape index (κ2) is 9.06. The summed E-state index contributed by atoms with van der Waals surface area (Å²) in [4.78, 5) is 18.8. The first-order chi connectivity index (χ1) is 12.0. The summed E-state index contributed by atoms with van der Waals surface area (Å²) >= 11 is 0. The molecule has 0 aliphatic carbocycles. The van der Waals surface area contributed by atoms with Gasteiger partial charge in [-0.1, -0.05) is 0 Å². The Balaban J connectivity index is 1.98. The monoisotopic (exact) mass is 341 g/mol. The summed E-state index contributed by atoms with van der Waals surface area (Å²) in [6, 6.07) is 11.9. The lowest BCUT2D eigenvalue weighted by Gasteiger charge is -2.27. The van der Waals surface area contributed by atoms with Crippen LogP contribution >= 0.6 is 0 Å². The van der Waals surface area contributed by atoms with E-state index < -0.39 is 0 Å². The molecule has 1 amide bonds. The van der Waals surface area contributed by atoms with Gasteiger partial charge in [-0.2, -0.15) is 0 Å². The van der Waals surface area contributed by atoms with Crippen LogP contribution in [0.15, 0.2) is 42.6 Å². The van der Waals surface area contributed by atoms with Gasteiger partial charge in [0.15, 0.2) is 0 Å². The highest BCUT2D eigenvalue weighted by molar-refractivity contribution is 5.94. The van der Waals surface area contributed by atoms with Crippen LogP contribution in [0.4, 0.5) is 5.69 Å². The highest BCUT2D eigenvalue weighted by Crippen LogP contribution is 2.18. The summed E-state index contributed by atoms with van der Waals surface area (Å²) in [7, 11) is 0. The Kier molecular flexibility index (Phi) is 6.81. The molecule has 134 valence electrons. The van der Waals surface area contributed by atoms with Crippen molar-refractivity contribution < 1.29 is 9.53 Å². The first kappa shape index (κ1) is 18.8. The molecule has 0 saturated carbocycles. The average Bonchev–Trinajstić information content (AvgIpc) is 2.61. The number of rotatable bonds is 8. The van der Waals surface area contributed by atoms with Gasteiger partial charge in [0.2, 0.25) is 5.88 Å². The molecule has 0 saturated heterocycles. The summed E-state index contributed by atoms with van der Waals surface area (Å²) in [6.07, 6.45) is 1.69. The van der Waals surface area contributed by atoms with Crippen LogP contribution < -0.4 is 15.0 Å². The zero-order valence-electron chi connectivity index (χ0n) is 15.5. The van der Waals surface area contributed by atoms with Gasteiger partial charge in [-0.3, -0.25) is 4.79 Å². The Morgan fingerprint density at radius 3 is 2.52 bits per heavy atom. The number of carbonyl (C=O) groups excluding carboxylic acids is 1. The summed E-state index contributed by atoms with van der Waals surface area (Å²) < 4.78 is 5.37.